The van der Waals surface area contributed by atoms with Crippen molar-refractivity contribution in [1.82, 2.24) is 19.6 Å². The Hall–Kier alpha value is -3.65. The Balaban J connectivity index is 1.34. The predicted octanol–water partition coefficient (Wildman–Crippen LogP) is 4.52. The van der Waals surface area contributed by atoms with Crippen LogP contribution < -0.4 is 10.1 Å². The zero-order valence-corrected chi connectivity index (χ0v) is 17.4. The van der Waals surface area contributed by atoms with Gasteiger partial charge in [0.25, 0.3) is 5.91 Å². The zero-order chi connectivity index (χ0) is 21.8. The number of nitrogens with zero attached hydrogens (tertiary/aromatic N) is 4. The average Bonchev–Trinajstić information content (AvgIpc) is 3.40. The summed E-state index contributed by atoms with van der Waals surface area (Å²) < 4.78 is 21.9. The average molecular weight is 440 g/mol. The maximum atomic E-state index is 13.2. The van der Waals surface area contributed by atoms with E-state index in [0.717, 1.165) is 5.56 Å². The standard InChI is InChI=1S/C22H19ClFN5O2/c1-15-4-2-3-5-16(15)13-28-11-9-21(27-28)25-22(30)20-8-10-29(26-20)14-31-17-6-7-19(24)18(23)12-17/h2-12H,13-14H2,1H3,(H,25,27,30). The predicted molar refractivity (Wildman–Crippen MR) is 115 cm³/mol. The summed E-state index contributed by atoms with van der Waals surface area (Å²) in [6.07, 6.45) is 3.42. The highest BCUT2D eigenvalue weighted by atomic mass is 35.5. The van der Waals surface area contributed by atoms with Crippen LogP contribution in [-0.2, 0) is 13.3 Å². The highest BCUT2D eigenvalue weighted by molar-refractivity contribution is 6.30. The van der Waals surface area contributed by atoms with Crippen molar-refractivity contribution in [2.75, 3.05) is 5.32 Å². The van der Waals surface area contributed by atoms with Gasteiger partial charge in [-0.3, -0.25) is 9.48 Å². The summed E-state index contributed by atoms with van der Waals surface area (Å²) in [5.41, 5.74) is 2.55. The second-order valence-electron chi connectivity index (χ2n) is 6.87. The Labute approximate surface area is 183 Å². The van der Waals surface area contributed by atoms with Gasteiger partial charge in [-0.25, -0.2) is 9.07 Å². The van der Waals surface area contributed by atoms with Gasteiger partial charge in [0.1, 0.15) is 11.6 Å². The molecule has 0 spiro atoms. The summed E-state index contributed by atoms with van der Waals surface area (Å²) in [6, 6.07) is 15.4. The highest BCUT2D eigenvalue weighted by Gasteiger charge is 2.12. The molecule has 1 amide bonds. The number of halogens is 2. The molecule has 7 nitrogen and oxygen atoms in total. The molecule has 9 heteroatoms. The molecule has 0 unspecified atom stereocenters. The molecule has 0 saturated carbocycles. The number of benzene rings is 2. The van der Waals surface area contributed by atoms with Crippen LogP contribution in [0.4, 0.5) is 10.2 Å². The van der Waals surface area contributed by atoms with E-state index in [1.807, 2.05) is 37.4 Å². The molecule has 4 aromatic rings. The fourth-order valence-electron chi connectivity index (χ4n) is 2.92. The molecule has 0 fully saturated rings. The first-order valence-electron chi connectivity index (χ1n) is 9.48. The third kappa shape index (κ3) is 5.10. The van der Waals surface area contributed by atoms with Gasteiger partial charge in [0, 0.05) is 24.5 Å². The number of anilines is 1. The van der Waals surface area contributed by atoms with E-state index in [1.165, 1.54) is 28.4 Å². The van der Waals surface area contributed by atoms with Crippen molar-refractivity contribution in [3.8, 4) is 5.75 Å². The van der Waals surface area contributed by atoms with Crippen LogP contribution in [0.5, 0.6) is 5.75 Å². The molecular weight excluding hydrogens is 421 g/mol. The number of aromatic nitrogens is 4. The molecule has 2 heterocycles. The highest BCUT2D eigenvalue weighted by Crippen LogP contribution is 2.21. The van der Waals surface area contributed by atoms with Crippen LogP contribution in [-0.4, -0.2) is 25.5 Å². The van der Waals surface area contributed by atoms with Crippen LogP contribution in [0.3, 0.4) is 0 Å². The summed E-state index contributed by atoms with van der Waals surface area (Å²) in [7, 11) is 0. The number of carbonyl (C=O) groups is 1. The lowest BCUT2D eigenvalue weighted by molar-refractivity contribution is 0.101. The Bertz CT molecular complexity index is 1220. The van der Waals surface area contributed by atoms with Crippen LogP contribution in [0.2, 0.25) is 5.02 Å². The first-order valence-corrected chi connectivity index (χ1v) is 9.86. The smallest absolute Gasteiger partial charge is 0.277 e. The topological polar surface area (TPSA) is 74.0 Å². The van der Waals surface area contributed by atoms with Gasteiger partial charge >= 0.3 is 0 Å². The van der Waals surface area contributed by atoms with Gasteiger partial charge in [-0.1, -0.05) is 35.9 Å². The van der Waals surface area contributed by atoms with E-state index in [4.69, 9.17) is 16.3 Å². The molecule has 4 rings (SSSR count). The Morgan fingerprint density at radius 3 is 2.71 bits per heavy atom. The summed E-state index contributed by atoms with van der Waals surface area (Å²) >= 11 is 5.73. The molecule has 0 atom stereocenters. The normalized spacial score (nSPS) is 10.8. The van der Waals surface area contributed by atoms with Crippen molar-refractivity contribution in [1.29, 1.82) is 0 Å². The molecule has 1 N–H and O–H groups in total. The maximum absolute atomic E-state index is 13.2. The van der Waals surface area contributed by atoms with Crippen molar-refractivity contribution in [2.24, 2.45) is 0 Å². The minimum atomic E-state index is -0.520. The van der Waals surface area contributed by atoms with Gasteiger partial charge in [-0.05, 0) is 36.2 Å². The molecule has 31 heavy (non-hydrogen) atoms. The summed E-state index contributed by atoms with van der Waals surface area (Å²) in [5.74, 6) is -0.0736. The number of hydrogen-bond donors (Lipinski definition) is 1. The van der Waals surface area contributed by atoms with Crippen LogP contribution in [0.15, 0.2) is 67.0 Å². The quantitative estimate of drug-likeness (QED) is 0.459. The summed E-state index contributed by atoms with van der Waals surface area (Å²) in [4.78, 5) is 12.5. The monoisotopic (exact) mass is 439 g/mol. The Morgan fingerprint density at radius 1 is 1.10 bits per heavy atom. The van der Waals surface area contributed by atoms with Gasteiger partial charge in [0.2, 0.25) is 0 Å². The van der Waals surface area contributed by atoms with E-state index in [1.54, 1.807) is 23.0 Å². The molecule has 0 bridgehead atoms. The van der Waals surface area contributed by atoms with Gasteiger partial charge in [0.15, 0.2) is 18.2 Å². The van der Waals surface area contributed by atoms with Gasteiger partial charge in [-0.2, -0.15) is 10.2 Å². The lowest BCUT2D eigenvalue weighted by atomic mass is 10.1. The van der Waals surface area contributed by atoms with E-state index in [2.05, 4.69) is 15.5 Å². The van der Waals surface area contributed by atoms with Crippen molar-refractivity contribution in [2.45, 2.75) is 20.2 Å². The van der Waals surface area contributed by atoms with Gasteiger partial charge in [0.05, 0.1) is 11.6 Å². The van der Waals surface area contributed by atoms with E-state index < -0.39 is 5.82 Å². The number of nitrogens with one attached hydrogen (secondary N) is 1. The van der Waals surface area contributed by atoms with E-state index >= 15 is 0 Å². The van der Waals surface area contributed by atoms with Crippen LogP contribution in [0, 0.1) is 12.7 Å². The number of hydrogen-bond acceptors (Lipinski definition) is 4. The number of amides is 1. The molecule has 0 radical (unpaired) electrons. The lowest BCUT2D eigenvalue weighted by Gasteiger charge is -2.06. The maximum Gasteiger partial charge on any atom is 0.277 e. The zero-order valence-electron chi connectivity index (χ0n) is 16.6. The third-order valence-corrected chi connectivity index (χ3v) is 4.89. The molecular formula is C22H19ClFN5O2. The van der Waals surface area contributed by atoms with Crippen LogP contribution in [0.1, 0.15) is 21.6 Å². The second kappa shape index (κ2) is 9.01. The molecule has 2 aromatic carbocycles. The molecule has 2 aromatic heterocycles. The third-order valence-electron chi connectivity index (χ3n) is 4.60. The lowest BCUT2D eigenvalue weighted by Crippen LogP contribution is -2.15. The first kappa shape index (κ1) is 20.6. The van der Waals surface area contributed by atoms with Gasteiger partial charge < -0.3 is 10.1 Å². The Kier molecular flexibility index (Phi) is 5.99. The number of ether oxygens (including phenoxy) is 1. The van der Waals surface area contributed by atoms with Crippen molar-refractivity contribution < 1.29 is 13.9 Å². The molecule has 0 aliphatic rings. The SMILES string of the molecule is Cc1ccccc1Cn1ccc(NC(=O)c2ccn(COc3ccc(F)c(Cl)c3)n2)n1. The minimum Gasteiger partial charge on any atom is -0.471 e. The van der Waals surface area contributed by atoms with Crippen molar-refractivity contribution in [3.05, 3.63) is 94.7 Å². The first-order chi connectivity index (χ1) is 15.0. The van der Waals surface area contributed by atoms with E-state index in [9.17, 15) is 9.18 Å². The van der Waals surface area contributed by atoms with Gasteiger partial charge in [-0.15, -0.1) is 0 Å². The fraction of sp³-hybridized carbons (Fsp3) is 0.136. The van der Waals surface area contributed by atoms with Crippen molar-refractivity contribution in [3.63, 3.8) is 0 Å². The summed E-state index contributed by atoms with van der Waals surface area (Å²) in [6.45, 7) is 2.70. The van der Waals surface area contributed by atoms with Crippen LogP contribution >= 0.6 is 11.6 Å². The van der Waals surface area contributed by atoms with Crippen molar-refractivity contribution >= 4 is 23.3 Å². The molecule has 0 aliphatic carbocycles. The summed E-state index contributed by atoms with van der Waals surface area (Å²) in [5, 5.41) is 11.3. The number of aryl methyl sites for hydroxylation is 1. The second-order valence-corrected chi connectivity index (χ2v) is 7.28. The fourth-order valence-corrected chi connectivity index (χ4v) is 3.09. The van der Waals surface area contributed by atoms with E-state index in [-0.39, 0.29) is 23.4 Å². The largest absolute Gasteiger partial charge is 0.471 e. The molecule has 0 saturated heterocycles. The number of carbonyl (C=O) groups excluding carboxylic acids is 1. The van der Waals surface area contributed by atoms with E-state index in [0.29, 0.717) is 18.1 Å². The minimum absolute atomic E-state index is 0.0279. The molecule has 0 aliphatic heterocycles. The molecule has 158 valence electrons. The Morgan fingerprint density at radius 2 is 1.90 bits per heavy atom. The van der Waals surface area contributed by atoms with Crippen LogP contribution in [0.25, 0.3) is 0 Å². The number of rotatable bonds is 7.